The predicted octanol–water partition coefficient (Wildman–Crippen LogP) is 2.49. The molecule has 17 heavy (non-hydrogen) atoms. The molecule has 1 aromatic carbocycles. The normalized spacial score (nSPS) is 17.0. The number of nitrogens with zero attached hydrogens (tertiary/aromatic N) is 1. The van der Waals surface area contributed by atoms with Gasteiger partial charge in [0.05, 0.1) is 6.54 Å². The third kappa shape index (κ3) is 2.08. The Morgan fingerprint density at radius 3 is 2.82 bits per heavy atom. The Balaban J connectivity index is 1.90. The van der Waals surface area contributed by atoms with Crippen LogP contribution in [0.3, 0.4) is 0 Å². The van der Waals surface area contributed by atoms with Gasteiger partial charge < -0.3 is 10.2 Å². The molecule has 2 aromatic rings. The maximum absolute atomic E-state index is 5.88. The first-order chi connectivity index (χ1) is 8.36. The van der Waals surface area contributed by atoms with Crippen LogP contribution < -0.4 is 5.73 Å². The quantitative estimate of drug-likeness (QED) is 0.880. The Bertz CT molecular complexity index is 512. The van der Waals surface area contributed by atoms with E-state index in [0.717, 1.165) is 17.9 Å². The van der Waals surface area contributed by atoms with Crippen molar-refractivity contribution >= 4 is 11.0 Å². The van der Waals surface area contributed by atoms with E-state index in [9.17, 15) is 0 Å². The molecule has 0 spiro atoms. The Morgan fingerprint density at radius 2 is 2.06 bits per heavy atom. The van der Waals surface area contributed by atoms with E-state index in [1.54, 1.807) is 0 Å². The van der Waals surface area contributed by atoms with Crippen LogP contribution in [0.25, 0.3) is 11.0 Å². The van der Waals surface area contributed by atoms with Gasteiger partial charge in [-0.3, -0.25) is 4.90 Å². The van der Waals surface area contributed by atoms with Gasteiger partial charge >= 0.3 is 0 Å². The van der Waals surface area contributed by atoms with Crippen LogP contribution in [-0.4, -0.2) is 18.0 Å². The molecular weight excluding hydrogens is 212 g/mol. The summed E-state index contributed by atoms with van der Waals surface area (Å²) >= 11 is 0. The van der Waals surface area contributed by atoms with Gasteiger partial charge in [-0.25, -0.2) is 0 Å². The highest BCUT2D eigenvalue weighted by molar-refractivity contribution is 5.81. The summed E-state index contributed by atoms with van der Waals surface area (Å²) in [5.74, 6) is 1.06. The Labute approximate surface area is 101 Å². The summed E-state index contributed by atoms with van der Waals surface area (Å²) < 4.78 is 5.88. The van der Waals surface area contributed by atoms with Crippen molar-refractivity contribution in [2.24, 2.45) is 5.73 Å². The zero-order valence-electron chi connectivity index (χ0n) is 9.98. The van der Waals surface area contributed by atoms with Gasteiger partial charge in [0.1, 0.15) is 11.3 Å². The maximum atomic E-state index is 5.88. The number of hydrogen-bond acceptors (Lipinski definition) is 3. The summed E-state index contributed by atoms with van der Waals surface area (Å²) in [4.78, 5) is 2.44. The molecule has 90 valence electrons. The van der Waals surface area contributed by atoms with Gasteiger partial charge in [-0.1, -0.05) is 12.1 Å². The molecule has 0 bridgehead atoms. The number of nitrogens with two attached hydrogens (primary N) is 1. The third-order valence-electron chi connectivity index (χ3n) is 3.50. The molecule has 0 amide bonds. The smallest absolute Gasteiger partial charge is 0.134 e. The predicted molar refractivity (Wildman–Crippen MR) is 68.6 cm³/mol. The van der Waals surface area contributed by atoms with Crippen LogP contribution in [0.15, 0.2) is 28.7 Å². The topological polar surface area (TPSA) is 42.4 Å². The van der Waals surface area contributed by atoms with Gasteiger partial charge in [0.25, 0.3) is 0 Å². The summed E-state index contributed by atoms with van der Waals surface area (Å²) in [7, 11) is 0. The highest BCUT2D eigenvalue weighted by Gasteiger charge is 2.14. The third-order valence-corrected chi connectivity index (χ3v) is 3.50. The lowest BCUT2D eigenvalue weighted by molar-refractivity contribution is 0.302. The van der Waals surface area contributed by atoms with Crippen LogP contribution in [0.4, 0.5) is 0 Å². The lowest BCUT2D eigenvalue weighted by Crippen LogP contribution is -2.17. The molecule has 0 atom stereocenters. The van der Waals surface area contributed by atoms with E-state index in [4.69, 9.17) is 10.2 Å². The first kappa shape index (κ1) is 10.8. The van der Waals surface area contributed by atoms with Gasteiger partial charge in [0.15, 0.2) is 0 Å². The van der Waals surface area contributed by atoms with E-state index in [1.165, 1.54) is 36.9 Å². The highest BCUT2D eigenvalue weighted by atomic mass is 16.3. The first-order valence-electron chi connectivity index (χ1n) is 6.29. The van der Waals surface area contributed by atoms with Crippen molar-refractivity contribution in [3.05, 3.63) is 35.6 Å². The number of hydrogen-bond donors (Lipinski definition) is 1. The van der Waals surface area contributed by atoms with Crippen molar-refractivity contribution in [2.45, 2.75) is 25.9 Å². The van der Waals surface area contributed by atoms with Crippen LogP contribution in [0.2, 0.25) is 0 Å². The molecule has 3 heteroatoms. The van der Waals surface area contributed by atoms with Crippen LogP contribution in [0, 0.1) is 0 Å². The standard InChI is InChI=1S/C14H18N2O/c15-9-11-4-3-5-14-13(11)8-12(17-14)10-16-6-1-2-7-16/h3-5,8H,1-2,6-7,9-10,15H2. The van der Waals surface area contributed by atoms with Crippen LogP contribution in [0.1, 0.15) is 24.2 Å². The van der Waals surface area contributed by atoms with Crippen LogP contribution in [0.5, 0.6) is 0 Å². The lowest BCUT2D eigenvalue weighted by Gasteiger charge is -2.11. The number of furan rings is 1. The fraction of sp³-hybridized carbons (Fsp3) is 0.429. The Morgan fingerprint density at radius 1 is 1.24 bits per heavy atom. The minimum absolute atomic E-state index is 0.569. The summed E-state index contributed by atoms with van der Waals surface area (Å²) in [5, 5.41) is 1.17. The van der Waals surface area contributed by atoms with Gasteiger partial charge in [-0.05, 0) is 43.6 Å². The van der Waals surface area contributed by atoms with Gasteiger partial charge in [-0.2, -0.15) is 0 Å². The second-order valence-corrected chi connectivity index (χ2v) is 4.73. The average Bonchev–Trinajstić information content (AvgIpc) is 2.97. The van der Waals surface area contributed by atoms with Gasteiger partial charge in [0.2, 0.25) is 0 Å². The lowest BCUT2D eigenvalue weighted by atomic mass is 10.1. The summed E-state index contributed by atoms with van der Waals surface area (Å²) in [6.07, 6.45) is 2.63. The molecule has 0 saturated carbocycles. The zero-order chi connectivity index (χ0) is 11.7. The van der Waals surface area contributed by atoms with Crippen molar-refractivity contribution in [2.75, 3.05) is 13.1 Å². The Hall–Kier alpha value is -1.32. The zero-order valence-corrected chi connectivity index (χ0v) is 9.98. The molecule has 0 unspecified atom stereocenters. The van der Waals surface area contributed by atoms with E-state index in [-0.39, 0.29) is 0 Å². The van der Waals surface area contributed by atoms with Gasteiger partial charge in [-0.15, -0.1) is 0 Å². The minimum Gasteiger partial charge on any atom is -0.460 e. The second kappa shape index (κ2) is 4.51. The second-order valence-electron chi connectivity index (χ2n) is 4.73. The first-order valence-corrected chi connectivity index (χ1v) is 6.29. The van der Waals surface area contributed by atoms with Gasteiger partial charge in [0, 0.05) is 11.9 Å². The summed E-state index contributed by atoms with van der Waals surface area (Å²) in [5.41, 5.74) is 7.86. The molecule has 2 heterocycles. The van der Waals surface area contributed by atoms with E-state index in [2.05, 4.69) is 17.0 Å². The van der Waals surface area contributed by atoms with E-state index < -0.39 is 0 Å². The minimum atomic E-state index is 0.569. The Kier molecular flexibility index (Phi) is 2.87. The molecule has 1 aliphatic rings. The highest BCUT2D eigenvalue weighted by Crippen LogP contribution is 2.24. The molecule has 1 aromatic heterocycles. The van der Waals surface area contributed by atoms with E-state index >= 15 is 0 Å². The largest absolute Gasteiger partial charge is 0.460 e. The summed E-state index contributed by atoms with van der Waals surface area (Å²) in [6, 6.07) is 8.24. The van der Waals surface area contributed by atoms with Crippen molar-refractivity contribution in [3.63, 3.8) is 0 Å². The molecule has 0 radical (unpaired) electrons. The molecule has 3 nitrogen and oxygen atoms in total. The van der Waals surface area contributed by atoms with Crippen molar-refractivity contribution in [3.8, 4) is 0 Å². The fourth-order valence-electron chi connectivity index (χ4n) is 2.59. The number of benzene rings is 1. The number of rotatable bonds is 3. The van der Waals surface area contributed by atoms with Crippen molar-refractivity contribution in [1.29, 1.82) is 0 Å². The summed E-state index contributed by atoms with van der Waals surface area (Å²) in [6.45, 7) is 3.89. The van der Waals surface area contributed by atoms with Crippen LogP contribution >= 0.6 is 0 Å². The molecule has 3 rings (SSSR count). The van der Waals surface area contributed by atoms with Crippen molar-refractivity contribution in [1.82, 2.24) is 4.90 Å². The SMILES string of the molecule is NCc1cccc2oc(CN3CCCC3)cc12. The number of likely N-dealkylation sites (tertiary alicyclic amines) is 1. The number of fused-ring (bicyclic) bond motifs is 1. The molecule has 1 fully saturated rings. The molecule has 1 aliphatic heterocycles. The van der Waals surface area contributed by atoms with E-state index in [1.807, 2.05) is 12.1 Å². The average molecular weight is 230 g/mol. The van der Waals surface area contributed by atoms with E-state index in [0.29, 0.717) is 6.54 Å². The molecular formula is C14H18N2O. The maximum Gasteiger partial charge on any atom is 0.134 e. The van der Waals surface area contributed by atoms with Crippen LogP contribution in [-0.2, 0) is 13.1 Å². The molecule has 1 saturated heterocycles. The fourth-order valence-corrected chi connectivity index (χ4v) is 2.59. The molecule has 2 N–H and O–H groups in total. The van der Waals surface area contributed by atoms with Crippen molar-refractivity contribution < 1.29 is 4.42 Å². The molecule has 0 aliphatic carbocycles. The monoisotopic (exact) mass is 230 g/mol.